The van der Waals surface area contributed by atoms with Crippen LogP contribution >= 0.6 is 22.6 Å². The van der Waals surface area contributed by atoms with E-state index in [2.05, 4.69) is 5.10 Å². The molecule has 0 unspecified atom stereocenters. The smallest absolute Gasteiger partial charge is 0.356 e. The average Bonchev–Trinajstić information content (AvgIpc) is 2.46. The van der Waals surface area contributed by atoms with Gasteiger partial charge in [0.1, 0.15) is 15.9 Å². The number of hydrogen-bond donors (Lipinski definition) is 0. The summed E-state index contributed by atoms with van der Waals surface area (Å²) in [6, 6.07) is 1.42. The molecule has 0 aromatic carbocycles. The maximum Gasteiger partial charge on any atom is 0.356 e. The molecule has 1 aromatic heterocycles. The van der Waals surface area contributed by atoms with Crippen molar-refractivity contribution < 1.29 is 18.3 Å². The summed E-state index contributed by atoms with van der Waals surface area (Å²) < 4.78 is 30.4. The zero-order valence-electron chi connectivity index (χ0n) is 7.91. The fourth-order valence-corrected chi connectivity index (χ4v) is 1.58. The normalized spacial score (nSPS) is 10.7. The van der Waals surface area contributed by atoms with E-state index in [-0.39, 0.29) is 12.3 Å². The summed E-state index contributed by atoms with van der Waals surface area (Å²) in [5, 5.41) is 3.78. The highest BCUT2D eigenvalue weighted by Crippen LogP contribution is 2.10. The van der Waals surface area contributed by atoms with Crippen molar-refractivity contribution in [3.05, 3.63) is 15.5 Å². The first-order valence-corrected chi connectivity index (χ1v) is 5.31. The highest BCUT2D eigenvalue weighted by molar-refractivity contribution is 14.1. The Kier molecular flexibility index (Phi) is 4.43. The van der Waals surface area contributed by atoms with Crippen molar-refractivity contribution >= 4 is 28.6 Å². The molecule has 0 aliphatic heterocycles. The van der Waals surface area contributed by atoms with E-state index in [1.807, 2.05) is 22.6 Å². The van der Waals surface area contributed by atoms with Crippen LogP contribution in [0.25, 0.3) is 0 Å². The number of hydrogen-bond acceptors (Lipinski definition) is 3. The molecule has 0 N–H and O–H groups in total. The highest BCUT2D eigenvalue weighted by Gasteiger charge is 2.17. The number of rotatable bonds is 4. The Morgan fingerprint density at radius 2 is 2.40 bits per heavy atom. The van der Waals surface area contributed by atoms with Crippen LogP contribution in [0, 0.1) is 3.70 Å². The monoisotopic (exact) mass is 330 g/mol. The van der Waals surface area contributed by atoms with Gasteiger partial charge in [0, 0.05) is 6.07 Å². The number of alkyl halides is 2. The van der Waals surface area contributed by atoms with Crippen LogP contribution in [0.15, 0.2) is 6.07 Å². The van der Waals surface area contributed by atoms with Gasteiger partial charge in [0.05, 0.1) is 6.61 Å². The molecule has 4 nitrogen and oxygen atoms in total. The molecule has 1 rings (SSSR count). The average molecular weight is 330 g/mol. The molecule has 0 saturated heterocycles. The second kappa shape index (κ2) is 5.38. The van der Waals surface area contributed by atoms with Gasteiger partial charge in [-0.2, -0.15) is 5.10 Å². The lowest BCUT2D eigenvalue weighted by molar-refractivity contribution is 0.0502. The van der Waals surface area contributed by atoms with Gasteiger partial charge >= 0.3 is 5.97 Å². The zero-order chi connectivity index (χ0) is 11.4. The van der Waals surface area contributed by atoms with Gasteiger partial charge in [0.15, 0.2) is 0 Å². The van der Waals surface area contributed by atoms with E-state index in [0.29, 0.717) is 3.70 Å². The largest absolute Gasteiger partial charge is 0.461 e. The van der Waals surface area contributed by atoms with E-state index in [1.165, 1.54) is 6.07 Å². The summed E-state index contributed by atoms with van der Waals surface area (Å²) in [6.07, 6.45) is -2.55. The number of nitrogens with zero attached hydrogens (tertiary/aromatic N) is 2. The molecule has 0 atom stereocenters. The first kappa shape index (κ1) is 12.3. The highest BCUT2D eigenvalue weighted by atomic mass is 127. The van der Waals surface area contributed by atoms with Gasteiger partial charge in [0.25, 0.3) is 6.43 Å². The van der Waals surface area contributed by atoms with Crippen molar-refractivity contribution in [1.29, 1.82) is 0 Å². The molecule has 84 valence electrons. The molecule has 1 heterocycles. The SMILES string of the molecule is CCOC(=O)c1cc(I)nn1CC(F)F. The summed E-state index contributed by atoms with van der Waals surface area (Å²) >= 11 is 1.85. The van der Waals surface area contributed by atoms with Crippen LogP contribution in [0.4, 0.5) is 8.78 Å². The Bertz CT molecular complexity index is 354. The van der Waals surface area contributed by atoms with Gasteiger partial charge in [-0.25, -0.2) is 13.6 Å². The molecule has 0 saturated carbocycles. The maximum absolute atomic E-state index is 12.1. The van der Waals surface area contributed by atoms with Gasteiger partial charge in [-0.15, -0.1) is 0 Å². The summed E-state index contributed by atoms with van der Waals surface area (Å²) in [4.78, 5) is 11.3. The Morgan fingerprint density at radius 1 is 1.73 bits per heavy atom. The maximum atomic E-state index is 12.1. The van der Waals surface area contributed by atoms with E-state index < -0.39 is 18.9 Å². The second-order valence-corrected chi connectivity index (χ2v) is 3.75. The van der Waals surface area contributed by atoms with Gasteiger partial charge in [-0.1, -0.05) is 0 Å². The predicted octanol–water partition coefficient (Wildman–Crippen LogP) is 1.93. The fraction of sp³-hybridized carbons (Fsp3) is 0.500. The van der Waals surface area contributed by atoms with Gasteiger partial charge < -0.3 is 4.74 Å². The minimum absolute atomic E-state index is 0.0570. The van der Waals surface area contributed by atoms with Crippen molar-refractivity contribution in [2.45, 2.75) is 19.9 Å². The second-order valence-electron chi connectivity index (χ2n) is 2.65. The van der Waals surface area contributed by atoms with Crippen molar-refractivity contribution in [2.24, 2.45) is 0 Å². The first-order valence-electron chi connectivity index (χ1n) is 4.23. The van der Waals surface area contributed by atoms with E-state index in [1.54, 1.807) is 6.92 Å². The summed E-state index contributed by atoms with van der Waals surface area (Å²) in [5.74, 6) is -0.631. The summed E-state index contributed by atoms with van der Waals surface area (Å²) in [7, 11) is 0. The van der Waals surface area contributed by atoms with Crippen LogP contribution in [0.1, 0.15) is 17.4 Å². The quantitative estimate of drug-likeness (QED) is 0.626. The molecule has 0 bridgehead atoms. The number of esters is 1. The minimum atomic E-state index is -2.55. The van der Waals surface area contributed by atoms with Gasteiger partial charge in [-0.3, -0.25) is 4.68 Å². The Labute approximate surface area is 98.7 Å². The minimum Gasteiger partial charge on any atom is -0.461 e. The van der Waals surface area contributed by atoms with Crippen LogP contribution in [0.3, 0.4) is 0 Å². The first-order chi connectivity index (χ1) is 7.04. The van der Waals surface area contributed by atoms with Gasteiger partial charge in [0.2, 0.25) is 0 Å². The number of aromatic nitrogens is 2. The lowest BCUT2D eigenvalue weighted by atomic mass is 10.4. The molecule has 15 heavy (non-hydrogen) atoms. The summed E-state index contributed by atoms with van der Waals surface area (Å²) in [5.41, 5.74) is 0.0570. The lowest BCUT2D eigenvalue weighted by Gasteiger charge is -2.05. The van der Waals surface area contributed by atoms with Crippen molar-refractivity contribution in [1.82, 2.24) is 9.78 Å². The molecule has 0 aliphatic rings. The van der Waals surface area contributed by atoms with Crippen LogP contribution < -0.4 is 0 Å². The van der Waals surface area contributed by atoms with E-state index in [9.17, 15) is 13.6 Å². The van der Waals surface area contributed by atoms with E-state index >= 15 is 0 Å². The molecule has 7 heteroatoms. The Balaban J connectivity index is 2.90. The van der Waals surface area contributed by atoms with Gasteiger partial charge in [-0.05, 0) is 29.5 Å². The van der Waals surface area contributed by atoms with Crippen LogP contribution in [-0.4, -0.2) is 28.8 Å². The van der Waals surface area contributed by atoms with Crippen LogP contribution in [0.5, 0.6) is 0 Å². The third-order valence-electron chi connectivity index (χ3n) is 1.55. The Hall–Kier alpha value is -0.730. The predicted molar refractivity (Wildman–Crippen MR) is 56.9 cm³/mol. The number of carbonyl (C=O) groups is 1. The topological polar surface area (TPSA) is 44.1 Å². The number of ether oxygens (including phenoxy) is 1. The third kappa shape index (κ3) is 3.40. The molecule has 0 amide bonds. The number of carbonyl (C=O) groups excluding carboxylic acids is 1. The Morgan fingerprint density at radius 3 is 2.93 bits per heavy atom. The zero-order valence-corrected chi connectivity index (χ0v) is 10.1. The third-order valence-corrected chi connectivity index (χ3v) is 2.07. The number of halogens is 3. The van der Waals surface area contributed by atoms with Crippen LogP contribution in [0.2, 0.25) is 0 Å². The standard InChI is InChI=1S/C8H9F2IN2O2/c1-2-15-8(14)5-3-7(11)12-13(5)4-6(9)10/h3,6H,2,4H2,1H3. The molecule has 0 aliphatic carbocycles. The van der Waals surface area contributed by atoms with Crippen molar-refractivity contribution in [2.75, 3.05) is 6.61 Å². The molecule has 0 fully saturated rings. The lowest BCUT2D eigenvalue weighted by Crippen LogP contribution is -2.16. The fourth-order valence-electron chi connectivity index (χ4n) is 1.02. The van der Waals surface area contributed by atoms with E-state index in [4.69, 9.17) is 4.74 Å². The van der Waals surface area contributed by atoms with Crippen LogP contribution in [-0.2, 0) is 11.3 Å². The van der Waals surface area contributed by atoms with Crippen molar-refractivity contribution in [3.63, 3.8) is 0 Å². The molecule has 1 aromatic rings. The molecular weight excluding hydrogens is 321 g/mol. The molecular formula is C8H9F2IN2O2. The van der Waals surface area contributed by atoms with E-state index in [0.717, 1.165) is 4.68 Å². The summed E-state index contributed by atoms with van der Waals surface area (Å²) in [6.45, 7) is 1.25. The molecule has 0 spiro atoms. The van der Waals surface area contributed by atoms with Crippen molar-refractivity contribution in [3.8, 4) is 0 Å². The molecule has 0 radical (unpaired) electrons.